The molecule has 132 valence electrons. The lowest BCUT2D eigenvalue weighted by molar-refractivity contribution is -0.137. The van der Waals surface area contributed by atoms with Crippen molar-refractivity contribution in [2.24, 2.45) is 11.7 Å². The number of nitrogens with zero attached hydrogens (tertiary/aromatic N) is 3. The van der Waals surface area contributed by atoms with Crippen molar-refractivity contribution in [3.05, 3.63) is 18.2 Å². The zero-order chi connectivity index (χ0) is 16.9. The quantitative estimate of drug-likeness (QED) is 0.857. The van der Waals surface area contributed by atoms with Crippen LogP contribution in [-0.4, -0.2) is 39.4 Å². The first-order chi connectivity index (χ1) is 11.6. The van der Waals surface area contributed by atoms with Crippen LogP contribution in [-0.2, 0) is 16.1 Å². The summed E-state index contributed by atoms with van der Waals surface area (Å²) in [5, 5.41) is 0. The molecule has 1 aliphatic carbocycles. The van der Waals surface area contributed by atoms with Gasteiger partial charge in [-0.05, 0) is 25.7 Å². The first kappa shape index (κ1) is 17.0. The fourth-order valence-electron chi connectivity index (χ4n) is 4.15. The molecule has 24 heavy (non-hydrogen) atoms. The van der Waals surface area contributed by atoms with Crippen LogP contribution in [0.3, 0.4) is 0 Å². The van der Waals surface area contributed by atoms with Crippen molar-refractivity contribution in [2.45, 2.75) is 63.8 Å². The van der Waals surface area contributed by atoms with Crippen LogP contribution in [0.4, 0.5) is 0 Å². The van der Waals surface area contributed by atoms with E-state index in [2.05, 4.69) is 4.98 Å². The summed E-state index contributed by atoms with van der Waals surface area (Å²) in [4.78, 5) is 30.6. The molecule has 0 unspecified atom stereocenters. The van der Waals surface area contributed by atoms with Gasteiger partial charge in [-0.3, -0.25) is 9.59 Å². The third-order valence-electron chi connectivity index (χ3n) is 5.38. The van der Waals surface area contributed by atoms with E-state index in [1.54, 1.807) is 12.4 Å². The lowest BCUT2D eigenvalue weighted by Gasteiger charge is -2.34. The topological polar surface area (TPSA) is 81.2 Å². The van der Waals surface area contributed by atoms with Gasteiger partial charge in [0.2, 0.25) is 11.8 Å². The van der Waals surface area contributed by atoms with Crippen LogP contribution in [0.2, 0.25) is 0 Å². The number of rotatable bonds is 4. The lowest BCUT2D eigenvalue weighted by Crippen LogP contribution is -2.43. The van der Waals surface area contributed by atoms with Crippen LogP contribution < -0.4 is 5.73 Å². The molecule has 2 amide bonds. The second kappa shape index (κ2) is 7.81. The van der Waals surface area contributed by atoms with E-state index in [0.29, 0.717) is 12.5 Å². The molecule has 2 fully saturated rings. The normalized spacial score (nSPS) is 23.0. The Balaban J connectivity index is 1.66. The minimum Gasteiger partial charge on any atom is -0.368 e. The molecule has 2 aliphatic rings. The predicted octanol–water partition coefficient (Wildman–Crippen LogP) is 2.04. The highest BCUT2D eigenvalue weighted by Crippen LogP contribution is 2.30. The molecule has 6 nitrogen and oxygen atoms in total. The van der Waals surface area contributed by atoms with Gasteiger partial charge in [-0.15, -0.1) is 0 Å². The summed E-state index contributed by atoms with van der Waals surface area (Å²) in [6.45, 7) is 1.72. The predicted molar refractivity (Wildman–Crippen MR) is 91.2 cm³/mol. The number of likely N-dealkylation sites (tertiary alicyclic amines) is 1. The highest BCUT2D eigenvalue weighted by Gasteiger charge is 2.31. The van der Waals surface area contributed by atoms with Crippen molar-refractivity contribution in [3.8, 4) is 0 Å². The van der Waals surface area contributed by atoms with Crippen molar-refractivity contribution in [1.82, 2.24) is 14.5 Å². The number of piperidine rings is 1. The summed E-state index contributed by atoms with van der Waals surface area (Å²) >= 11 is 0. The van der Waals surface area contributed by atoms with Gasteiger partial charge in [0.05, 0.1) is 0 Å². The number of imidazole rings is 1. The van der Waals surface area contributed by atoms with E-state index in [1.165, 1.54) is 25.7 Å². The summed E-state index contributed by atoms with van der Waals surface area (Å²) in [6.07, 6.45) is 12.5. The maximum Gasteiger partial charge on any atom is 0.237 e. The first-order valence-corrected chi connectivity index (χ1v) is 9.23. The molecule has 0 radical (unpaired) electrons. The fourth-order valence-corrected chi connectivity index (χ4v) is 4.15. The molecular formula is C18H28N4O2. The van der Waals surface area contributed by atoms with Crippen molar-refractivity contribution in [2.75, 3.05) is 13.1 Å². The second-order valence-electron chi connectivity index (χ2n) is 7.19. The van der Waals surface area contributed by atoms with Crippen LogP contribution in [0.25, 0.3) is 0 Å². The molecule has 2 N–H and O–H groups in total. The highest BCUT2D eigenvalue weighted by atomic mass is 16.2. The number of amides is 2. The van der Waals surface area contributed by atoms with Crippen molar-refractivity contribution < 1.29 is 9.59 Å². The van der Waals surface area contributed by atoms with E-state index >= 15 is 0 Å². The lowest BCUT2D eigenvalue weighted by atomic mass is 9.93. The fraction of sp³-hybridized carbons (Fsp3) is 0.722. The average molecular weight is 332 g/mol. The van der Waals surface area contributed by atoms with Gasteiger partial charge in [0.1, 0.15) is 12.4 Å². The number of carbonyl (C=O) groups excluding carboxylic acids is 2. The third-order valence-corrected chi connectivity index (χ3v) is 5.38. The van der Waals surface area contributed by atoms with E-state index in [0.717, 1.165) is 38.1 Å². The summed E-state index contributed by atoms with van der Waals surface area (Å²) in [5.74, 6) is 1.25. The molecule has 0 bridgehead atoms. The monoisotopic (exact) mass is 332 g/mol. The maximum absolute atomic E-state index is 12.9. The number of carbonyl (C=O) groups is 2. The van der Waals surface area contributed by atoms with Crippen LogP contribution in [0.15, 0.2) is 12.4 Å². The van der Waals surface area contributed by atoms with Gasteiger partial charge in [-0.2, -0.15) is 0 Å². The summed E-state index contributed by atoms with van der Waals surface area (Å²) in [5.41, 5.74) is 5.32. The summed E-state index contributed by atoms with van der Waals surface area (Å²) < 4.78 is 1.83. The Morgan fingerprint density at radius 3 is 2.58 bits per heavy atom. The van der Waals surface area contributed by atoms with Crippen LogP contribution in [0.5, 0.6) is 0 Å². The van der Waals surface area contributed by atoms with Crippen molar-refractivity contribution in [3.63, 3.8) is 0 Å². The van der Waals surface area contributed by atoms with E-state index in [1.807, 2.05) is 9.47 Å². The molecule has 0 spiro atoms. The zero-order valence-electron chi connectivity index (χ0n) is 14.3. The Kier molecular flexibility index (Phi) is 5.53. The molecule has 1 atom stereocenters. The Bertz CT molecular complexity index is 575. The van der Waals surface area contributed by atoms with E-state index in [4.69, 9.17) is 5.73 Å². The van der Waals surface area contributed by atoms with Gasteiger partial charge in [0.15, 0.2) is 0 Å². The summed E-state index contributed by atoms with van der Waals surface area (Å²) in [6, 6.07) is 0. The smallest absolute Gasteiger partial charge is 0.237 e. The largest absolute Gasteiger partial charge is 0.368 e. The SMILES string of the molecule is NC(=O)Cn1ccnc1[C@H]1CCCN(C(=O)C2CCCCCC2)C1. The molecule has 1 aromatic heterocycles. The maximum atomic E-state index is 12.9. The Hall–Kier alpha value is -1.85. The molecule has 0 aromatic carbocycles. The van der Waals surface area contributed by atoms with Crippen molar-refractivity contribution in [1.29, 1.82) is 0 Å². The van der Waals surface area contributed by atoms with Crippen molar-refractivity contribution >= 4 is 11.8 Å². The molecule has 1 saturated heterocycles. The Morgan fingerprint density at radius 1 is 1.12 bits per heavy atom. The van der Waals surface area contributed by atoms with Gasteiger partial charge in [0, 0.05) is 37.3 Å². The van der Waals surface area contributed by atoms with Crippen LogP contribution in [0, 0.1) is 5.92 Å². The molecule has 6 heteroatoms. The van der Waals surface area contributed by atoms with Gasteiger partial charge in [0.25, 0.3) is 0 Å². The van der Waals surface area contributed by atoms with Gasteiger partial charge < -0.3 is 15.2 Å². The standard InChI is InChI=1S/C18H28N4O2/c19-16(23)13-21-11-9-20-17(21)15-8-5-10-22(12-15)18(24)14-6-3-1-2-4-7-14/h9,11,14-15H,1-8,10,12-13H2,(H2,19,23)/t15-/m0/s1. The average Bonchev–Trinajstić information content (AvgIpc) is 2.86. The minimum absolute atomic E-state index is 0.155. The molecule has 1 aliphatic heterocycles. The number of hydrogen-bond donors (Lipinski definition) is 1. The van der Waals surface area contributed by atoms with Crippen LogP contribution >= 0.6 is 0 Å². The zero-order valence-corrected chi connectivity index (χ0v) is 14.3. The Labute approximate surface area is 143 Å². The highest BCUT2D eigenvalue weighted by molar-refractivity contribution is 5.79. The molecule has 3 rings (SSSR count). The minimum atomic E-state index is -0.364. The molecule has 1 aromatic rings. The molecule has 2 heterocycles. The number of nitrogens with two attached hydrogens (primary N) is 1. The summed E-state index contributed by atoms with van der Waals surface area (Å²) in [7, 11) is 0. The van der Waals surface area contributed by atoms with Gasteiger partial charge in [-0.1, -0.05) is 25.7 Å². The van der Waals surface area contributed by atoms with E-state index in [9.17, 15) is 9.59 Å². The number of hydrogen-bond acceptors (Lipinski definition) is 3. The molecule has 1 saturated carbocycles. The van der Waals surface area contributed by atoms with E-state index in [-0.39, 0.29) is 24.3 Å². The van der Waals surface area contributed by atoms with Gasteiger partial charge in [-0.25, -0.2) is 4.98 Å². The first-order valence-electron chi connectivity index (χ1n) is 9.23. The third kappa shape index (κ3) is 3.97. The second-order valence-corrected chi connectivity index (χ2v) is 7.19. The van der Waals surface area contributed by atoms with Crippen LogP contribution in [0.1, 0.15) is 63.1 Å². The van der Waals surface area contributed by atoms with E-state index < -0.39 is 0 Å². The van der Waals surface area contributed by atoms with Gasteiger partial charge >= 0.3 is 0 Å². The molecular weight excluding hydrogens is 304 g/mol. The number of primary amides is 1. The number of aromatic nitrogens is 2. The Morgan fingerprint density at radius 2 is 1.88 bits per heavy atom.